The van der Waals surface area contributed by atoms with E-state index in [-0.39, 0.29) is 0 Å². The molecule has 0 amide bonds. The van der Waals surface area contributed by atoms with Crippen LogP contribution >= 0.6 is 11.8 Å². The van der Waals surface area contributed by atoms with Crippen molar-refractivity contribution in [3.63, 3.8) is 0 Å². The molecule has 0 radical (unpaired) electrons. The number of hydrogen-bond donors (Lipinski definition) is 0. The highest BCUT2D eigenvalue weighted by Crippen LogP contribution is 2.18. The normalized spacial score (nSPS) is 12.1. The van der Waals surface area contributed by atoms with Crippen molar-refractivity contribution < 1.29 is 0 Å². The van der Waals surface area contributed by atoms with Crippen LogP contribution in [0.4, 0.5) is 0 Å². The molecule has 0 heterocycles. The van der Waals surface area contributed by atoms with Crippen LogP contribution in [0.25, 0.3) is 0 Å². The first-order valence-corrected chi connectivity index (χ1v) is 4.65. The third-order valence-electron chi connectivity index (χ3n) is 1.11. The lowest BCUT2D eigenvalue weighted by atomic mass is 10.3. The molecular formula is C8H16S. The SMILES string of the molecule is CC/C=C(/CC)SCC. The fourth-order valence-electron chi connectivity index (χ4n) is 0.718. The second kappa shape index (κ2) is 6.21. The Balaban J connectivity index is 3.53. The standard InChI is InChI=1S/C8H16S/c1-4-7-8(5-2)9-6-3/h7H,4-6H2,1-3H3/b8-7-. The van der Waals surface area contributed by atoms with Crippen LogP contribution in [-0.4, -0.2) is 5.75 Å². The Morgan fingerprint density at radius 2 is 2.00 bits per heavy atom. The van der Waals surface area contributed by atoms with E-state index < -0.39 is 0 Å². The van der Waals surface area contributed by atoms with Gasteiger partial charge in [-0.05, 0) is 23.5 Å². The van der Waals surface area contributed by atoms with Gasteiger partial charge in [-0.25, -0.2) is 0 Å². The highest BCUT2D eigenvalue weighted by Gasteiger charge is 1.89. The van der Waals surface area contributed by atoms with Crippen molar-refractivity contribution in [2.75, 3.05) is 5.75 Å². The van der Waals surface area contributed by atoms with Gasteiger partial charge in [0.15, 0.2) is 0 Å². The summed E-state index contributed by atoms with van der Waals surface area (Å²) in [4.78, 5) is 1.54. The summed E-state index contributed by atoms with van der Waals surface area (Å²) in [6, 6.07) is 0. The van der Waals surface area contributed by atoms with Crippen molar-refractivity contribution in [2.24, 2.45) is 0 Å². The van der Waals surface area contributed by atoms with Crippen molar-refractivity contribution in [2.45, 2.75) is 33.6 Å². The van der Waals surface area contributed by atoms with Gasteiger partial charge in [0, 0.05) is 0 Å². The highest BCUT2D eigenvalue weighted by molar-refractivity contribution is 8.03. The monoisotopic (exact) mass is 144 g/mol. The molecule has 0 bridgehead atoms. The van der Waals surface area contributed by atoms with Crippen molar-refractivity contribution in [3.05, 3.63) is 11.0 Å². The fraction of sp³-hybridized carbons (Fsp3) is 0.750. The topological polar surface area (TPSA) is 0 Å². The zero-order chi connectivity index (χ0) is 7.11. The number of thioether (sulfide) groups is 1. The predicted octanol–water partition coefficient (Wildman–Crippen LogP) is 3.44. The lowest BCUT2D eigenvalue weighted by Gasteiger charge is -1.98. The molecule has 0 aliphatic carbocycles. The van der Waals surface area contributed by atoms with Gasteiger partial charge in [-0.15, -0.1) is 11.8 Å². The van der Waals surface area contributed by atoms with Gasteiger partial charge in [-0.2, -0.15) is 0 Å². The van der Waals surface area contributed by atoms with Crippen LogP contribution in [0.15, 0.2) is 11.0 Å². The van der Waals surface area contributed by atoms with E-state index in [4.69, 9.17) is 0 Å². The molecular weight excluding hydrogens is 128 g/mol. The Bertz CT molecular complexity index is 84.6. The van der Waals surface area contributed by atoms with Gasteiger partial charge in [0.2, 0.25) is 0 Å². The molecule has 54 valence electrons. The minimum atomic E-state index is 1.18. The average molecular weight is 144 g/mol. The minimum Gasteiger partial charge on any atom is -0.131 e. The predicted molar refractivity (Wildman–Crippen MR) is 46.8 cm³/mol. The molecule has 0 rings (SSSR count). The average Bonchev–Trinajstić information content (AvgIpc) is 1.88. The Morgan fingerprint density at radius 1 is 1.33 bits per heavy atom. The fourth-order valence-corrected chi connectivity index (χ4v) is 1.58. The van der Waals surface area contributed by atoms with Crippen LogP contribution in [0.2, 0.25) is 0 Å². The molecule has 0 spiro atoms. The molecule has 0 aliphatic rings. The van der Waals surface area contributed by atoms with Crippen molar-refractivity contribution in [3.8, 4) is 0 Å². The summed E-state index contributed by atoms with van der Waals surface area (Å²) in [7, 11) is 0. The summed E-state index contributed by atoms with van der Waals surface area (Å²) >= 11 is 1.96. The van der Waals surface area contributed by atoms with Gasteiger partial charge in [0.05, 0.1) is 0 Å². The van der Waals surface area contributed by atoms with Gasteiger partial charge in [0.1, 0.15) is 0 Å². The Labute approximate surface area is 62.7 Å². The maximum absolute atomic E-state index is 2.31. The molecule has 0 saturated heterocycles. The molecule has 0 saturated carbocycles. The third-order valence-corrected chi connectivity index (χ3v) is 2.22. The van der Waals surface area contributed by atoms with E-state index in [1.807, 2.05) is 11.8 Å². The number of allylic oxidation sites excluding steroid dienone is 2. The largest absolute Gasteiger partial charge is 0.131 e. The maximum Gasteiger partial charge on any atom is -0.00518 e. The number of rotatable bonds is 4. The summed E-state index contributed by atoms with van der Waals surface area (Å²) in [5.41, 5.74) is 0. The van der Waals surface area contributed by atoms with E-state index in [2.05, 4.69) is 26.8 Å². The molecule has 0 fully saturated rings. The smallest absolute Gasteiger partial charge is 0.00518 e. The Hall–Kier alpha value is 0.0900. The molecule has 0 nitrogen and oxygen atoms in total. The van der Waals surface area contributed by atoms with Crippen LogP contribution in [-0.2, 0) is 0 Å². The van der Waals surface area contributed by atoms with Crippen molar-refractivity contribution in [1.29, 1.82) is 0 Å². The maximum atomic E-state index is 2.31. The summed E-state index contributed by atoms with van der Waals surface area (Å²) < 4.78 is 0. The lowest BCUT2D eigenvalue weighted by molar-refractivity contribution is 1.14. The van der Waals surface area contributed by atoms with E-state index in [1.165, 1.54) is 18.6 Å². The molecule has 0 aliphatic heterocycles. The molecule has 0 N–H and O–H groups in total. The van der Waals surface area contributed by atoms with Crippen LogP contribution in [0, 0.1) is 0 Å². The van der Waals surface area contributed by atoms with Gasteiger partial charge >= 0.3 is 0 Å². The van der Waals surface area contributed by atoms with Crippen LogP contribution in [0.3, 0.4) is 0 Å². The van der Waals surface area contributed by atoms with Crippen molar-refractivity contribution >= 4 is 11.8 Å². The molecule has 0 aromatic carbocycles. The quantitative estimate of drug-likeness (QED) is 0.582. The van der Waals surface area contributed by atoms with Crippen molar-refractivity contribution in [1.82, 2.24) is 0 Å². The Morgan fingerprint density at radius 3 is 2.33 bits per heavy atom. The van der Waals surface area contributed by atoms with Crippen LogP contribution in [0.1, 0.15) is 33.6 Å². The summed E-state index contributed by atoms with van der Waals surface area (Å²) in [5, 5.41) is 0. The van der Waals surface area contributed by atoms with Crippen LogP contribution < -0.4 is 0 Å². The van der Waals surface area contributed by atoms with Gasteiger partial charge in [0.25, 0.3) is 0 Å². The van der Waals surface area contributed by atoms with E-state index in [1.54, 1.807) is 4.91 Å². The van der Waals surface area contributed by atoms with E-state index in [0.29, 0.717) is 0 Å². The zero-order valence-electron chi connectivity index (χ0n) is 6.61. The number of hydrogen-bond acceptors (Lipinski definition) is 1. The summed E-state index contributed by atoms with van der Waals surface area (Å²) in [5.74, 6) is 1.21. The summed E-state index contributed by atoms with van der Waals surface area (Å²) in [6.07, 6.45) is 4.69. The second-order valence-electron chi connectivity index (χ2n) is 1.87. The Kier molecular flexibility index (Phi) is 6.28. The molecule has 0 unspecified atom stereocenters. The third kappa shape index (κ3) is 4.58. The van der Waals surface area contributed by atoms with Gasteiger partial charge < -0.3 is 0 Å². The molecule has 0 aromatic heterocycles. The van der Waals surface area contributed by atoms with Crippen LogP contribution in [0.5, 0.6) is 0 Å². The van der Waals surface area contributed by atoms with E-state index in [0.717, 1.165) is 0 Å². The molecule has 9 heavy (non-hydrogen) atoms. The van der Waals surface area contributed by atoms with Gasteiger partial charge in [-0.1, -0.05) is 26.8 Å². The first kappa shape index (κ1) is 9.09. The highest BCUT2D eigenvalue weighted by atomic mass is 32.2. The van der Waals surface area contributed by atoms with E-state index >= 15 is 0 Å². The second-order valence-corrected chi connectivity index (χ2v) is 3.26. The lowest BCUT2D eigenvalue weighted by Crippen LogP contribution is -1.74. The molecule has 0 atom stereocenters. The van der Waals surface area contributed by atoms with Gasteiger partial charge in [-0.3, -0.25) is 0 Å². The summed E-state index contributed by atoms with van der Waals surface area (Å²) in [6.45, 7) is 6.60. The molecule has 1 heteroatoms. The minimum absolute atomic E-state index is 1.18. The first-order valence-electron chi connectivity index (χ1n) is 3.66. The zero-order valence-corrected chi connectivity index (χ0v) is 7.42. The first-order chi connectivity index (χ1) is 4.35. The molecule has 0 aromatic rings. The van der Waals surface area contributed by atoms with E-state index in [9.17, 15) is 0 Å².